The van der Waals surface area contributed by atoms with E-state index in [4.69, 9.17) is 13.9 Å². The van der Waals surface area contributed by atoms with Gasteiger partial charge in [0.1, 0.15) is 11.3 Å². The van der Waals surface area contributed by atoms with E-state index in [1.165, 1.54) is 0 Å². The van der Waals surface area contributed by atoms with Gasteiger partial charge in [-0.2, -0.15) is 0 Å². The molecule has 0 bridgehead atoms. The van der Waals surface area contributed by atoms with Gasteiger partial charge in [0, 0.05) is 31.1 Å². The first-order valence-electron chi connectivity index (χ1n) is 8.31. The average Bonchev–Trinajstić information content (AvgIpc) is 2.82. The van der Waals surface area contributed by atoms with Crippen LogP contribution in [-0.4, -0.2) is 49.3 Å². The van der Waals surface area contributed by atoms with Crippen molar-refractivity contribution in [1.82, 2.24) is 4.90 Å². The monoisotopic (exact) mass is 331 g/mol. The molecule has 0 spiro atoms. The lowest BCUT2D eigenvalue weighted by Gasteiger charge is -2.42. The maximum absolute atomic E-state index is 12.9. The van der Waals surface area contributed by atoms with E-state index in [1.54, 1.807) is 7.11 Å². The summed E-state index contributed by atoms with van der Waals surface area (Å²) in [6.45, 7) is 7.56. The minimum absolute atomic E-state index is 0.0927. The number of rotatable bonds is 4. The molecule has 130 valence electrons. The van der Waals surface area contributed by atoms with Crippen LogP contribution in [0.2, 0.25) is 0 Å². The second-order valence-corrected chi connectivity index (χ2v) is 7.04. The summed E-state index contributed by atoms with van der Waals surface area (Å²) >= 11 is 0. The normalized spacial score (nSPS) is 20.5. The van der Waals surface area contributed by atoms with Crippen LogP contribution in [0.1, 0.15) is 25.2 Å². The quantitative estimate of drug-likeness (QED) is 0.864. The van der Waals surface area contributed by atoms with Crippen molar-refractivity contribution in [2.24, 2.45) is 0 Å². The van der Waals surface area contributed by atoms with E-state index in [-0.39, 0.29) is 17.6 Å². The van der Waals surface area contributed by atoms with Gasteiger partial charge in [0.15, 0.2) is 0 Å². The molecular formula is C19H25NO4. The van der Waals surface area contributed by atoms with Gasteiger partial charge in [-0.25, -0.2) is 0 Å². The van der Waals surface area contributed by atoms with Gasteiger partial charge in [0.2, 0.25) is 5.91 Å². The zero-order valence-corrected chi connectivity index (χ0v) is 14.8. The van der Waals surface area contributed by atoms with Crippen molar-refractivity contribution in [3.05, 3.63) is 35.6 Å². The number of hydrogen-bond donors (Lipinski definition) is 0. The summed E-state index contributed by atoms with van der Waals surface area (Å²) in [7, 11) is 1.65. The highest BCUT2D eigenvalue weighted by atomic mass is 16.5. The highest BCUT2D eigenvalue weighted by Gasteiger charge is 2.35. The summed E-state index contributed by atoms with van der Waals surface area (Å²) in [4.78, 5) is 14.8. The van der Waals surface area contributed by atoms with E-state index in [0.29, 0.717) is 26.1 Å². The molecule has 1 saturated heterocycles. The summed E-state index contributed by atoms with van der Waals surface area (Å²) < 4.78 is 17.0. The minimum atomic E-state index is -0.370. The SMILES string of the molecule is COC[C@@H]1CN(C(=O)Cc2c(C)oc3ccccc23)CC(C)(C)O1. The first-order chi connectivity index (χ1) is 11.4. The number of nitrogens with zero attached hydrogens (tertiary/aromatic N) is 1. The van der Waals surface area contributed by atoms with E-state index in [9.17, 15) is 4.79 Å². The van der Waals surface area contributed by atoms with Crippen LogP contribution in [0.15, 0.2) is 28.7 Å². The number of para-hydroxylation sites is 1. The Morgan fingerprint density at radius 3 is 2.88 bits per heavy atom. The Balaban J connectivity index is 1.79. The van der Waals surface area contributed by atoms with Gasteiger partial charge in [0.25, 0.3) is 0 Å². The van der Waals surface area contributed by atoms with E-state index >= 15 is 0 Å². The number of aryl methyl sites for hydroxylation is 1. The molecule has 2 aromatic rings. The fourth-order valence-electron chi connectivity index (χ4n) is 3.46. The van der Waals surface area contributed by atoms with Crippen LogP contribution in [-0.2, 0) is 20.7 Å². The van der Waals surface area contributed by atoms with Crippen molar-refractivity contribution in [1.29, 1.82) is 0 Å². The van der Waals surface area contributed by atoms with Crippen LogP contribution in [0.3, 0.4) is 0 Å². The lowest BCUT2D eigenvalue weighted by molar-refractivity contribution is -0.168. The molecule has 0 unspecified atom stereocenters. The van der Waals surface area contributed by atoms with E-state index in [0.717, 1.165) is 22.3 Å². The first kappa shape index (κ1) is 17.0. The number of methoxy groups -OCH3 is 1. The maximum Gasteiger partial charge on any atom is 0.227 e. The molecule has 5 heteroatoms. The van der Waals surface area contributed by atoms with Crippen molar-refractivity contribution in [3.63, 3.8) is 0 Å². The summed E-state index contributed by atoms with van der Waals surface area (Å²) in [5.74, 6) is 0.910. The number of carbonyl (C=O) groups is 1. The van der Waals surface area contributed by atoms with Gasteiger partial charge in [-0.1, -0.05) is 18.2 Å². The smallest absolute Gasteiger partial charge is 0.227 e. The fourth-order valence-corrected chi connectivity index (χ4v) is 3.46. The molecule has 1 atom stereocenters. The predicted molar refractivity (Wildman–Crippen MR) is 92.1 cm³/mol. The average molecular weight is 331 g/mol. The highest BCUT2D eigenvalue weighted by Crippen LogP contribution is 2.27. The molecule has 5 nitrogen and oxygen atoms in total. The lowest BCUT2D eigenvalue weighted by Crippen LogP contribution is -2.56. The van der Waals surface area contributed by atoms with Crippen LogP contribution >= 0.6 is 0 Å². The number of fused-ring (bicyclic) bond motifs is 1. The number of benzene rings is 1. The molecular weight excluding hydrogens is 306 g/mol. The second-order valence-electron chi connectivity index (χ2n) is 7.04. The summed E-state index contributed by atoms with van der Waals surface area (Å²) in [6, 6.07) is 7.85. The molecule has 3 rings (SSSR count). The summed E-state index contributed by atoms with van der Waals surface area (Å²) in [6.07, 6.45) is 0.253. The number of amides is 1. The molecule has 1 aliphatic rings. The third kappa shape index (κ3) is 3.47. The Hall–Kier alpha value is -1.85. The lowest BCUT2D eigenvalue weighted by atomic mass is 10.0. The highest BCUT2D eigenvalue weighted by molar-refractivity contribution is 5.88. The van der Waals surface area contributed by atoms with Crippen molar-refractivity contribution in [2.45, 2.75) is 38.9 Å². The van der Waals surface area contributed by atoms with Crippen molar-refractivity contribution in [3.8, 4) is 0 Å². The molecule has 0 aliphatic carbocycles. The molecule has 24 heavy (non-hydrogen) atoms. The summed E-state index contributed by atoms with van der Waals surface area (Å²) in [5.41, 5.74) is 1.44. The van der Waals surface area contributed by atoms with Crippen molar-refractivity contribution < 1.29 is 18.7 Å². The molecule has 0 saturated carbocycles. The number of carbonyl (C=O) groups excluding carboxylic acids is 1. The molecule has 0 radical (unpaired) electrons. The van der Waals surface area contributed by atoms with Crippen molar-refractivity contribution >= 4 is 16.9 Å². The van der Waals surface area contributed by atoms with Gasteiger partial charge in [-0.05, 0) is 26.8 Å². The standard InChI is InChI=1S/C19H25NO4/c1-13-16(15-7-5-6-8-17(15)23-13)9-18(21)20-10-14(11-22-4)24-19(2,3)12-20/h5-8,14H,9-12H2,1-4H3/t14-/m0/s1. The van der Waals surface area contributed by atoms with Gasteiger partial charge < -0.3 is 18.8 Å². The Labute approximate surface area is 142 Å². The van der Waals surface area contributed by atoms with Gasteiger partial charge in [-0.15, -0.1) is 0 Å². The van der Waals surface area contributed by atoms with Gasteiger partial charge >= 0.3 is 0 Å². The van der Waals surface area contributed by atoms with Crippen LogP contribution in [0.4, 0.5) is 0 Å². The topological polar surface area (TPSA) is 51.9 Å². The number of furan rings is 1. The Morgan fingerprint density at radius 2 is 2.12 bits per heavy atom. The largest absolute Gasteiger partial charge is 0.461 e. The zero-order chi connectivity index (χ0) is 17.3. The Bertz CT molecular complexity index is 734. The molecule has 1 aromatic carbocycles. The van der Waals surface area contributed by atoms with Gasteiger partial charge in [0.05, 0.1) is 24.7 Å². The molecule has 2 heterocycles. The summed E-state index contributed by atoms with van der Waals surface area (Å²) in [5, 5.41) is 1.02. The van der Waals surface area contributed by atoms with E-state index < -0.39 is 0 Å². The molecule has 0 N–H and O–H groups in total. The minimum Gasteiger partial charge on any atom is -0.461 e. The fraction of sp³-hybridized carbons (Fsp3) is 0.526. The van der Waals surface area contributed by atoms with Crippen LogP contribution in [0.5, 0.6) is 0 Å². The molecule has 1 amide bonds. The van der Waals surface area contributed by atoms with Gasteiger partial charge in [-0.3, -0.25) is 4.79 Å². The van der Waals surface area contributed by atoms with Crippen LogP contribution in [0.25, 0.3) is 11.0 Å². The third-order valence-electron chi connectivity index (χ3n) is 4.41. The Morgan fingerprint density at radius 1 is 1.38 bits per heavy atom. The van der Waals surface area contributed by atoms with Crippen molar-refractivity contribution in [2.75, 3.05) is 26.8 Å². The molecule has 1 fully saturated rings. The first-order valence-corrected chi connectivity index (χ1v) is 8.31. The molecule has 1 aromatic heterocycles. The molecule has 1 aliphatic heterocycles. The van der Waals surface area contributed by atoms with Crippen LogP contribution < -0.4 is 0 Å². The maximum atomic E-state index is 12.9. The number of ether oxygens (including phenoxy) is 2. The predicted octanol–water partition coefficient (Wildman–Crippen LogP) is 2.94. The number of hydrogen-bond acceptors (Lipinski definition) is 4. The zero-order valence-electron chi connectivity index (χ0n) is 14.8. The van der Waals surface area contributed by atoms with E-state index in [1.807, 2.05) is 49.9 Å². The Kier molecular flexibility index (Phi) is 4.65. The number of morpholine rings is 1. The van der Waals surface area contributed by atoms with E-state index in [2.05, 4.69) is 0 Å². The second kappa shape index (κ2) is 6.57. The third-order valence-corrected chi connectivity index (χ3v) is 4.41. The van der Waals surface area contributed by atoms with Crippen LogP contribution in [0, 0.1) is 6.92 Å².